The molecule has 2 N–H and O–H groups in total. The molecule has 6 nitrogen and oxygen atoms in total. The molecule has 0 aliphatic carbocycles. The number of rotatable bonds is 5. The highest BCUT2D eigenvalue weighted by atomic mass is 16.7. The molecular formula is C15H16N2O4. The Hall–Kier alpha value is -2.47. The number of carbonyl (C=O) groups is 1. The van der Waals surface area contributed by atoms with E-state index in [1.54, 1.807) is 24.5 Å². The van der Waals surface area contributed by atoms with E-state index in [1.165, 1.54) is 0 Å². The highest BCUT2D eigenvalue weighted by Gasteiger charge is 2.14. The van der Waals surface area contributed by atoms with Crippen LogP contribution >= 0.6 is 0 Å². The van der Waals surface area contributed by atoms with Crippen molar-refractivity contribution in [1.82, 2.24) is 5.32 Å². The summed E-state index contributed by atoms with van der Waals surface area (Å²) in [4.78, 5) is 11.9. The number of hydrogen-bond donors (Lipinski definition) is 2. The van der Waals surface area contributed by atoms with Crippen LogP contribution in [0.4, 0.5) is 5.69 Å². The van der Waals surface area contributed by atoms with Gasteiger partial charge in [-0.1, -0.05) is 0 Å². The van der Waals surface area contributed by atoms with Gasteiger partial charge in [-0.15, -0.1) is 0 Å². The van der Waals surface area contributed by atoms with Gasteiger partial charge in [0.15, 0.2) is 11.5 Å². The molecule has 21 heavy (non-hydrogen) atoms. The van der Waals surface area contributed by atoms with Crippen molar-refractivity contribution in [2.75, 3.05) is 18.7 Å². The summed E-state index contributed by atoms with van der Waals surface area (Å²) in [5.41, 5.74) is 0.678. The number of nitrogens with one attached hydrogen (secondary N) is 2. The van der Waals surface area contributed by atoms with Crippen LogP contribution in [0.2, 0.25) is 0 Å². The van der Waals surface area contributed by atoms with Gasteiger partial charge in [0, 0.05) is 11.8 Å². The van der Waals surface area contributed by atoms with Crippen LogP contribution in [0.3, 0.4) is 0 Å². The predicted octanol–water partition coefficient (Wildman–Crippen LogP) is 2.30. The Bertz CT molecular complexity index is 625. The van der Waals surface area contributed by atoms with E-state index in [2.05, 4.69) is 10.6 Å². The normalized spacial score (nSPS) is 14.0. The molecule has 0 unspecified atom stereocenters. The average Bonchev–Trinajstić information content (AvgIpc) is 3.15. The number of anilines is 1. The molecule has 1 atom stereocenters. The first-order valence-corrected chi connectivity index (χ1v) is 6.68. The molecule has 0 radical (unpaired) electrons. The third-order valence-corrected chi connectivity index (χ3v) is 3.20. The van der Waals surface area contributed by atoms with Gasteiger partial charge in [0.2, 0.25) is 12.7 Å². The maximum Gasteiger partial charge on any atom is 0.238 e. The van der Waals surface area contributed by atoms with Crippen LogP contribution in [0.15, 0.2) is 41.0 Å². The second kappa shape index (κ2) is 5.88. The molecule has 1 aromatic heterocycles. The van der Waals surface area contributed by atoms with E-state index in [9.17, 15) is 4.79 Å². The van der Waals surface area contributed by atoms with Crippen LogP contribution in [0.1, 0.15) is 18.7 Å². The van der Waals surface area contributed by atoms with E-state index in [-0.39, 0.29) is 25.3 Å². The maximum atomic E-state index is 11.9. The monoisotopic (exact) mass is 288 g/mol. The summed E-state index contributed by atoms with van der Waals surface area (Å²) in [5.74, 6) is 2.00. The molecule has 2 heterocycles. The minimum atomic E-state index is -0.132. The highest BCUT2D eigenvalue weighted by Crippen LogP contribution is 2.34. The first-order valence-electron chi connectivity index (χ1n) is 6.68. The van der Waals surface area contributed by atoms with Crippen LogP contribution in [-0.4, -0.2) is 19.2 Å². The lowest BCUT2D eigenvalue weighted by Crippen LogP contribution is -2.29. The van der Waals surface area contributed by atoms with Gasteiger partial charge in [-0.2, -0.15) is 0 Å². The molecule has 2 aromatic rings. The second-order valence-corrected chi connectivity index (χ2v) is 4.73. The van der Waals surface area contributed by atoms with Crippen LogP contribution in [0, 0.1) is 0 Å². The zero-order valence-electron chi connectivity index (χ0n) is 11.6. The van der Waals surface area contributed by atoms with E-state index in [0.717, 1.165) is 5.76 Å². The van der Waals surface area contributed by atoms with Gasteiger partial charge < -0.3 is 19.2 Å². The summed E-state index contributed by atoms with van der Waals surface area (Å²) in [6.45, 7) is 2.35. The number of carbonyl (C=O) groups excluding carboxylic acids is 1. The molecule has 1 amide bonds. The summed E-state index contributed by atoms with van der Waals surface area (Å²) in [7, 11) is 0. The lowest BCUT2D eigenvalue weighted by molar-refractivity contribution is -0.115. The van der Waals surface area contributed by atoms with Crippen LogP contribution in [0.5, 0.6) is 11.5 Å². The van der Waals surface area contributed by atoms with Gasteiger partial charge in [0.25, 0.3) is 0 Å². The quantitative estimate of drug-likeness (QED) is 0.883. The molecule has 0 spiro atoms. The minimum absolute atomic E-state index is 0.0255. The van der Waals surface area contributed by atoms with Crippen LogP contribution in [-0.2, 0) is 4.79 Å². The average molecular weight is 288 g/mol. The summed E-state index contributed by atoms with van der Waals surface area (Å²) in [6, 6.07) is 8.96. The number of fused-ring (bicyclic) bond motifs is 1. The third-order valence-electron chi connectivity index (χ3n) is 3.20. The zero-order chi connectivity index (χ0) is 14.7. The zero-order valence-corrected chi connectivity index (χ0v) is 11.6. The van der Waals surface area contributed by atoms with Gasteiger partial charge in [-0.05, 0) is 31.2 Å². The van der Waals surface area contributed by atoms with Crippen molar-refractivity contribution in [3.05, 3.63) is 42.4 Å². The fraction of sp³-hybridized carbons (Fsp3) is 0.267. The van der Waals surface area contributed by atoms with Crippen molar-refractivity contribution in [1.29, 1.82) is 0 Å². The van der Waals surface area contributed by atoms with Crippen LogP contribution < -0.4 is 20.1 Å². The lowest BCUT2D eigenvalue weighted by atomic mass is 10.2. The van der Waals surface area contributed by atoms with Crippen LogP contribution in [0.25, 0.3) is 0 Å². The molecule has 6 heteroatoms. The number of ether oxygens (including phenoxy) is 2. The molecule has 1 aliphatic rings. The fourth-order valence-electron chi connectivity index (χ4n) is 2.06. The molecule has 3 rings (SSSR count). The number of furan rings is 1. The first kappa shape index (κ1) is 13.5. The van der Waals surface area contributed by atoms with Crippen molar-refractivity contribution in [2.45, 2.75) is 13.0 Å². The van der Waals surface area contributed by atoms with Gasteiger partial charge in [-0.3, -0.25) is 10.1 Å². The SMILES string of the molecule is C[C@H](NCC(=O)Nc1ccc2c(c1)OCO2)c1ccco1. The van der Waals surface area contributed by atoms with Gasteiger partial charge in [0.1, 0.15) is 5.76 Å². The predicted molar refractivity (Wildman–Crippen MR) is 76.3 cm³/mol. The van der Waals surface area contributed by atoms with E-state index in [4.69, 9.17) is 13.9 Å². The van der Waals surface area contributed by atoms with Crippen molar-refractivity contribution < 1.29 is 18.7 Å². The van der Waals surface area contributed by atoms with Gasteiger partial charge in [-0.25, -0.2) is 0 Å². The van der Waals surface area contributed by atoms with Crippen molar-refractivity contribution in [2.24, 2.45) is 0 Å². The van der Waals surface area contributed by atoms with Crippen molar-refractivity contribution >= 4 is 11.6 Å². The molecule has 0 saturated carbocycles. The third kappa shape index (κ3) is 3.17. The Morgan fingerprint density at radius 3 is 2.95 bits per heavy atom. The smallest absolute Gasteiger partial charge is 0.238 e. The summed E-state index contributed by atoms with van der Waals surface area (Å²) < 4.78 is 15.8. The number of hydrogen-bond acceptors (Lipinski definition) is 5. The summed E-state index contributed by atoms with van der Waals surface area (Å²) in [6.07, 6.45) is 1.61. The molecule has 1 aromatic carbocycles. The molecule has 0 fully saturated rings. The van der Waals surface area contributed by atoms with Gasteiger partial charge in [0.05, 0.1) is 18.8 Å². The maximum absolute atomic E-state index is 11.9. The lowest BCUT2D eigenvalue weighted by Gasteiger charge is -2.11. The van der Waals surface area contributed by atoms with Crippen molar-refractivity contribution in [3.8, 4) is 11.5 Å². The molecule has 110 valence electrons. The van der Waals surface area contributed by atoms with E-state index < -0.39 is 0 Å². The number of amides is 1. The second-order valence-electron chi connectivity index (χ2n) is 4.73. The molecule has 0 bridgehead atoms. The largest absolute Gasteiger partial charge is 0.468 e. The Balaban J connectivity index is 1.52. The summed E-state index contributed by atoms with van der Waals surface area (Å²) >= 11 is 0. The standard InChI is InChI=1S/C15H16N2O4/c1-10(12-3-2-6-19-12)16-8-15(18)17-11-4-5-13-14(7-11)21-9-20-13/h2-7,10,16H,8-9H2,1H3,(H,17,18)/t10-/m0/s1. The molecular weight excluding hydrogens is 272 g/mol. The van der Waals surface area contributed by atoms with E-state index >= 15 is 0 Å². The van der Waals surface area contributed by atoms with Crippen molar-refractivity contribution in [3.63, 3.8) is 0 Å². The molecule has 1 aliphatic heterocycles. The fourth-order valence-corrected chi connectivity index (χ4v) is 2.06. The topological polar surface area (TPSA) is 72.7 Å². The Morgan fingerprint density at radius 2 is 2.14 bits per heavy atom. The Kier molecular flexibility index (Phi) is 3.79. The minimum Gasteiger partial charge on any atom is -0.468 e. The number of benzene rings is 1. The highest BCUT2D eigenvalue weighted by molar-refractivity contribution is 5.92. The van der Waals surface area contributed by atoms with E-state index in [1.807, 2.05) is 19.1 Å². The Morgan fingerprint density at radius 1 is 1.29 bits per heavy atom. The Labute approximate surface area is 122 Å². The summed E-state index contributed by atoms with van der Waals surface area (Å²) in [5, 5.41) is 5.90. The van der Waals surface area contributed by atoms with Gasteiger partial charge >= 0.3 is 0 Å². The van der Waals surface area contributed by atoms with E-state index in [0.29, 0.717) is 17.2 Å². The molecule has 0 saturated heterocycles. The first-order chi connectivity index (χ1) is 10.2.